The summed E-state index contributed by atoms with van der Waals surface area (Å²) in [5.74, 6) is -1.69. The molecule has 3 heterocycles. The molecule has 35 heavy (non-hydrogen) atoms. The van der Waals surface area contributed by atoms with Crippen LogP contribution in [0.1, 0.15) is 29.8 Å². The van der Waals surface area contributed by atoms with Crippen LogP contribution < -0.4 is 21.3 Å². The van der Waals surface area contributed by atoms with Crippen molar-refractivity contribution < 1.29 is 22.4 Å². The van der Waals surface area contributed by atoms with Gasteiger partial charge in [0.2, 0.25) is 0 Å². The van der Waals surface area contributed by atoms with Crippen molar-refractivity contribution in [1.82, 2.24) is 20.1 Å². The molecule has 13 heteroatoms. The van der Waals surface area contributed by atoms with Crippen LogP contribution in [0.2, 0.25) is 0 Å². The molecule has 1 unspecified atom stereocenters. The Kier molecular flexibility index (Phi) is 7.55. The van der Waals surface area contributed by atoms with Crippen molar-refractivity contribution >= 4 is 33.8 Å². The predicted molar refractivity (Wildman–Crippen MR) is 127 cm³/mol. The van der Waals surface area contributed by atoms with Crippen molar-refractivity contribution in [2.24, 2.45) is 0 Å². The van der Waals surface area contributed by atoms with Gasteiger partial charge < -0.3 is 21.3 Å². The number of nitrogens with two attached hydrogens (primary N) is 1. The highest BCUT2D eigenvalue weighted by molar-refractivity contribution is 7.19. The number of thiazole rings is 1. The van der Waals surface area contributed by atoms with E-state index in [2.05, 4.69) is 20.7 Å². The number of halogens is 4. The number of rotatable bonds is 7. The first-order valence-electron chi connectivity index (χ1n) is 11.1. The van der Waals surface area contributed by atoms with E-state index in [4.69, 9.17) is 5.73 Å². The molecule has 1 saturated heterocycles. The molecule has 4 rings (SSSR count). The maximum absolute atomic E-state index is 14.2. The molecular formula is C22H25F4N7OS. The fraction of sp³-hybridized carbons (Fsp3) is 0.409. The second-order valence-corrected chi connectivity index (χ2v) is 9.20. The molecule has 1 fully saturated rings. The highest BCUT2D eigenvalue weighted by Crippen LogP contribution is 2.34. The lowest BCUT2D eigenvalue weighted by molar-refractivity contribution is 0.102. The molecule has 1 aliphatic rings. The molecule has 0 bridgehead atoms. The quantitative estimate of drug-likeness (QED) is 0.415. The lowest BCUT2D eigenvalue weighted by atomic mass is 10.1. The topological polar surface area (TPSA) is 101 Å². The summed E-state index contributed by atoms with van der Waals surface area (Å²) in [5, 5.41) is 10.0. The van der Waals surface area contributed by atoms with E-state index in [9.17, 15) is 22.4 Å². The van der Waals surface area contributed by atoms with Gasteiger partial charge in [0, 0.05) is 24.7 Å². The highest BCUT2D eigenvalue weighted by Gasteiger charge is 2.26. The summed E-state index contributed by atoms with van der Waals surface area (Å²) in [6.07, 6.45) is 1.25. The van der Waals surface area contributed by atoms with E-state index >= 15 is 0 Å². The molecule has 2 aromatic heterocycles. The number of amides is 1. The average Bonchev–Trinajstić information content (AvgIpc) is 3.29. The van der Waals surface area contributed by atoms with Gasteiger partial charge >= 0.3 is 0 Å². The van der Waals surface area contributed by atoms with Gasteiger partial charge in [-0.2, -0.15) is 5.10 Å². The summed E-state index contributed by atoms with van der Waals surface area (Å²) in [6.45, 7) is 0.571. The van der Waals surface area contributed by atoms with Crippen LogP contribution in [0, 0.1) is 11.6 Å². The second-order valence-electron chi connectivity index (χ2n) is 8.17. The van der Waals surface area contributed by atoms with E-state index in [1.165, 1.54) is 10.9 Å². The van der Waals surface area contributed by atoms with E-state index in [-0.39, 0.29) is 27.0 Å². The summed E-state index contributed by atoms with van der Waals surface area (Å²) in [6, 6.07) is 3.22. The Hall–Kier alpha value is -3.19. The van der Waals surface area contributed by atoms with Crippen molar-refractivity contribution in [2.75, 3.05) is 36.1 Å². The monoisotopic (exact) mass is 511 g/mol. The van der Waals surface area contributed by atoms with Gasteiger partial charge in [-0.1, -0.05) is 11.3 Å². The van der Waals surface area contributed by atoms with Crippen LogP contribution in [0.15, 0.2) is 24.4 Å². The number of nitrogens with zero attached hydrogens (tertiary/aromatic N) is 4. The Labute approximate surface area is 203 Å². The molecule has 0 spiro atoms. The largest absolute Gasteiger partial charge is 0.389 e. The smallest absolute Gasteiger partial charge is 0.277 e. The molecule has 1 amide bonds. The molecule has 1 aromatic carbocycles. The zero-order valence-electron chi connectivity index (χ0n) is 18.9. The number of nitrogen functional groups attached to an aromatic ring is 1. The van der Waals surface area contributed by atoms with E-state index in [1.807, 2.05) is 11.9 Å². The van der Waals surface area contributed by atoms with Crippen LogP contribution >= 0.6 is 11.3 Å². The zero-order valence-corrected chi connectivity index (χ0v) is 19.7. The van der Waals surface area contributed by atoms with Crippen LogP contribution in [-0.4, -0.2) is 53.3 Å². The third-order valence-electron chi connectivity index (χ3n) is 5.83. The fourth-order valence-corrected chi connectivity index (χ4v) is 4.96. The first-order valence-corrected chi connectivity index (χ1v) is 11.9. The number of benzene rings is 1. The molecule has 1 atom stereocenters. The molecule has 3 aromatic rings. The van der Waals surface area contributed by atoms with Crippen LogP contribution in [0.25, 0.3) is 10.6 Å². The minimum absolute atomic E-state index is 0.00863. The summed E-state index contributed by atoms with van der Waals surface area (Å²) in [4.78, 5) is 19.1. The van der Waals surface area contributed by atoms with E-state index in [0.717, 1.165) is 48.8 Å². The number of nitrogens with one attached hydrogen (secondary N) is 2. The molecule has 8 nitrogen and oxygen atoms in total. The molecule has 0 aliphatic carbocycles. The minimum Gasteiger partial charge on any atom is -0.389 e. The van der Waals surface area contributed by atoms with E-state index in [1.54, 1.807) is 0 Å². The molecule has 4 N–H and O–H groups in total. The van der Waals surface area contributed by atoms with E-state index in [0.29, 0.717) is 24.9 Å². The van der Waals surface area contributed by atoms with Gasteiger partial charge in [0.1, 0.15) is 33.9 Å². The number of aromatic nitrogens is 3. The number of anilines is 3. The van der Waals surface area contributed by atoms with Crippen LogP contribution in [0.4, 0.5) is 34.1 Å². The van der Waals surface area contributed by atoms with Gasteiger partial charge in [-0.25, -0.2) is 27.2 Å². The molecule has 1 aliphatic heterocycles. The Morgan fingerprint density at radius 3 is 2.83 bits per heavy atom. The average molecular weight is 512 g/mol. The first-order chi connectivity index (χ1) is 16.8. The van der Waals surface area contributed by atoms with Gasteiger partial charge in [-0.3, -0.25) is 4.79 Å². The summed E-state index contributed by atoms with van der Waals surface area (Å²) >= 11 is 0.842. The maximum Gasteiger partial charge on any atom is 0.277 e. The zero-order chi connectivity index (χ0) is 25.1. The summed E-state index contributed by atoms with van der Waals surface area (Å²) in [7, 11) is 1.88. The Morgan fingerprint density at radius 2 is 2.09 bits per heavy atom. The minimum atomic E-state index is -2.63. The van der Waals surface area contributed by atoms with Gasteiger partial charge in [-0.15, -0.1) is 0 Å². The predicted octanol–water partition coefficient (Wildman–Crippen LogP) is 3.96. The van der Waals surface area contributed by atoms with Crippen molar-refractivity contribution in [3.8, 4) is 10.6 Å². The number of hydrogen-bond acceptors (Lipinski definition) is 7. The highest BCUT2D eigenvalue weighted by atomic mass is 32.1. The number of carbonyl (C=O) groups excluding carboxylic acids is 1. The van der Waals surface area contributed by atoms with Crippen LogP contribution in [0.3, 0.4) is 0 Å². The van der Waals surface area contributed by atoms with Gasteiger partial charge in [0.25, 0.3) is 12.3 Å². The third kappa shape index (κ3) is 5.56. The third-order valence-corrected chi connectivity index (χ3v) is 6.75. The number of carbonyl (C=O) groups is 1. The van der Waals surface area contributed by atoms with Crippen molar-refractivity contribution in [3.63, 3.8) is 0 Å². The lowest BCUT2D eigenvalue weighted by Gasteiger charge is -2.25. The lowest BCUT2D eigenvalue weighted by Crippen LogP contribution is -2.31. The number of hydrogen-bond donors (Lipinski definition) is 3. The maximum atomic E-state index is 14.2. The van der Waals surface area contributed by atoms with Gasteiger partial charge in [-0.05, 0) is 44.5 Å². The first kappa shape index (κ1) is 24.9. The van der Waals surface area contributed by atoms with Crippen molar-refractivity contribution in [3.05, 3.63) is 41.7 Å². The SMILES string of the molecule is CNC1CCCN(c2c(NC(=O)c3nc(-c4cc(F)ccc4F)sc3N)cnn2CC(F)F)CC1. The van der Waals surface area contributed by atoms with Crippen molar-refractivity contribution in [1.29, 1.82) is 0 Å². The Morgan fingerprint density at radius 1 is 1.29 bits per heavy atom. The molecule has 188 valence electrons. The molecular weight excluding hydrogens is 486 g/mol. The van der Waals surface area contributed by atoms with Crippen LogP contribution in [-0.2, 0) is 6.54 Å². The second kappa shape index (κ2) is 10.6. The molecule has 0 radical (unpaired) electrons. The fourth-order valence-electron chi connectivity index (χ4n) is 4.11. The standard InChI is InChI=1S/C22H25F4N7OS/c1-28-13-3-2-7-32(8-6-13)22-16(10-29-33(22)11-17(25)26)30-20(34)18-19(27)35-21(31-18)14-9-12(23)4-5-15(14)24/h4-5,9-10,13,17,28H,2-3,6-8,11,27H2,1H3,(H,30,34). The Bertz CT molecular complexity index is 1200. The molecule has 0 saturated carbocycles. The summed E-state index contributed by atoms with van der Waals surface area (Å²) in [5.41, 5.74) is 5.92. The van der Waals surface area contributed by atoms with Crippen LogP contribution in [0.5, 0.6) is 0 Å². The van der Waals surface area contributed by atoms with E-state index < -0.39 is 30.5 Å². The normalized spacial score (nSPS) is 16.5. The van der Waals surface area contributed by atoms with Gasteiger partial charge in [0.05, 0.1) is 6.20 Å². The summed E-state index contributed by atoms with van der Waals surface area (Å²) < 4.78 is 55.4. The van der Waals surface area contributed by atoms with Gasteiger partial charge in [0.15, 0.2) is 11.5 Å². The number of alkyl halides is 2. The Balaban J connectivity index is 1.62. The van der Waals surface area contributed by atoms with Crippen molar-refractivity contribution in [2.45, 2.75) is 38.3 Å².